The minimum Gasteiger partial charge on any atom is -0.384 e. The second-order valence-electron chi connectivity index (χ2n) is 4.10. The summed E-state index contributed by atoms with van der Waals surface area (Å²) < 4.78 is 0. The van der Waals surface area contributed by atoms with E-state index >= 15 is 0 Å². The largest absolute Gasteiger partial charge is 0.384 e. The molecule has 0 spiro atoms. The monoisotopic (exact) mass is 261 g/mol. The third-order valence-corrected chi connectivity index (χ3v) is 3.35. The van der Waals surface area contributed by atoms with Crippen molar-refractivity contribution in [3.8, 4) is 0 Å². The Labute approximate surface area is 107 Å². The van der Waals surface area contributed by atoms with E-state index in [1.165, 1.54) is 24.0 Å². The molecule has 1 saturated carbocycles. The van der Waals surface area contributed by atoms with Gasteiger partial charge in [0.25, 0.3) is 5.56 Å². The van der Waals surface area contributed by atoms with Crippen LogP contribution in [0.2, 0.25) is 0 Å². The molecule has 0 amide bonds. The zero-order valence-electron chi connectivity index (χ0n) is 9.46. The van der Waals surface area contributed by atoms with Crippen LogP contribution in [0.15, 0.2) is 33.3 Å². The van der Waals surface area contributed by atoms with Crippen LogP contribution < -0.4 is 11.3 Å². The number of nitrogens with zero attached hydrogens (tertiary/aromatic N) is 3. The van der Waals surface area contributed by atoms with Crippen molar-refractivity contribution in [3.63, 3.8) is 0 Å². The predicted octanol–water partition coefficient (Wildman–Crippen LogP) is 1.17. The normalized spacial score (nSPS) is 14.7. The highest BCUT2D eigenvalue weighted by molar-refractivity contribution is 7.99. The second-order valence-corrected chi connectivity index (χ2v) is 5.11. The molecule has 2 heterocycles. The molecule has 92 valence electrons. The Kier molecular flexibility index (Phi) is 2.75. The second kappa shape index (κ2) is 4.41. The number of hydrogen-bond donors (Lipinski definition) is 2. The molecule has 0 saturated heterocycles. The average Bonchev–Trinajstić information content (AvgIpc) is 3.11. The Morgan fingerprint density at radius 1 is 1.39 bits per heavy atom. The van der Waals surface area contributed by atoms with Gasteiger partial charge in [-0.1, -0.05) is 0 Å². The molecule has 2 aromatic heterocycles. The van der Waals surface area contributed by atoms with Crippen LogP contribution in [-0.2, 0) is 0 Å². The number of hydrogen-bond acceptors (Lipinski definition) is 6. The summed E-state index contributed by atoms with van der Waals surface area (Å²) >= 11 is 1.28. The first-order chi connectivity index (χ1) is 8.70. The summed E-state index contributed by atoms with van der Waals surface area (Å²) in [6.45, 7) is 0. The molecule has 0 unspecified atom stereocenters. The van der Waals surface area contributed by atoms with Crippen molar-refractivity contribution in [2.24, 2.45) is 0 Å². The first kappa shape index (κ1) is 11.2. The molecule has 0 aliphatic heterocycles. The fourth-order valence-electron chi connectivity index (χ4n) is 1.54. The van der Waals surface area contributed by atoms with Gasteiger partial charge >= 0.3 is 0 Å². The van der Waals surface area contributed by atoms with Gasteiger partial charge < -0.3 is 10.7 Å². The van der Waals surface area contributed by atoms with E-state index < -0.39 is 0 Å². The SMILES string of the molecule is Nc1cc(Sc2nccc(=O)[nH]2)nc(C2CC2)n1. The predicted molar refractivity (Wildman–Crippen MR) is 67.4 cm³/mol. The molecule has 1 aliphatic rings. The van der Waals surface area contributed by atoms with Gasteiger partial charge in [-0.05, 0) is 24.6 Å². The Bertz CT molecular complexity index is 637. The third-order valence-electron chi connectivity index (χ3n) is 2.53. The maximum Gasteiger partial charge on any atom is 0.251 e. The summed E-state index contributed by atoms with van der Waals surface area (Å²) in [5, 5.41) is 1.21. The summed E-state index contributed by atoms with van der Waals surface area (Å²) in [6.07, 6.45) is 3.70. The van der Waals surface area contributed by atoms with E-state index in [-0.39, 0.29) is 5.56 Å². The zero-order chi connectivity index (χ0) is 12.5. The van der Waals surface area contributed by atoms with Gasteiger partial charge in [0.2, 0.25) is 0 Å². The van der Waals surface area contributed by atoms with Crippen molar-refractivity contribution >= 4 is 17.6 Å². The van der Waals surface area contributed by atoms with Crippen molar-refractivity contribution in [2.75, 3.05) is 5.73 Å². The van der Waals surface area contributed by atoms with Gasteiger partial charge in [-0.3, -0.25) is 4.79 Å². The molecular weight excluding hydrogens is 250 g/mol. The molecule has 0 bridgehead atoms. The van der Waals surface area contributed by atoms with Crippen LogP contribution in [0.4, 0.5) is 5.82 Å². The number of H-pyrrole nitrogens is 1. The topological polar surface area (TPSA) is 97.5 Å². The first-order valence-corrected chi connectivity index (χ1v) is 6.40. The summed E-state index contributed by atoms with van der Waals surface area (Å²) in [5.74, 6) is 1.68. The van der Waals surface area contributed by atoms with Crippen molar-refractivity contribution in [1.82, 2.24) is 19.9 Å². The summed E-state index contributed by atoms with van der Waals surface area (Å²) in [6, 6.07) is 3.05. The molecule has 3 N–H and O–H groups in total. The Hall–Kier alpha value is -1.89. The number of aromatic amines is 1. The maximum absolute atomic E-state index is 11.2. The molecule has 0 radical (unpaired) electrons. The first-order valence-electron chi connectivity index (χ1n) is 5.58. The van der Waals surface area contributed by atoms with Gasteiger partial charge in [-0.2, -0.15) is 0 Å². The maximum atomic E-state index is 11.2. The molecule has 0 atom stereocenters. The molecule has 1 aliphatic carbocycles. The van der Waals surface area contributed by atoms with E-state index in [1.54, 1.807) is 6.07 Å². The Balaban J connectivity index is 1.90. The van der Waals surface area contributed by atoms with Crippen LogP contribution in [0, 0.1) is 0 Å². The van der Waals surface area contributed by atoms with E-state index in [2.05, 4.69) is 19.9 Å². The van der Waals surface area contributed by atoms with Gasteiger partial charge in [-0.15, -0.1) is 0 Å². The van der Waals surface area contributed by atoms with Gasteiger partial charge in [0.1, 0.15) is 16.7 Å². The summed E-state index contributed by atoms with van der Waals surface area (Å²) in [5.41, 5.74) is 5.57. The van der Waals surface area contributed by atoms with Crippen molar-refractivity contribution in [3.05, 3.63) is 34.5 Å². The van der Waals surface area contributed by atoms with Crippen LogP contribution >= 0.6 is 11.8 Å². The number of nitrogens with two attached hydrogens (primary N) is 1. The highest BCUT2D eigenvalue weighted by Crippen LogP contribution is 2.39. The van der Waals surface area contributed by atoms with Crippen LogP contribution in [-0.4, -0.2) is 19.9 Å². The fraction of sp³-hybridized carbons (Fsp3) is 0.273. The van der Waals surface area contributed by atoms with Crippen LogP contribution in [0.3, 0.4) is 0 Å². The summed E-state index contributed by atoms with van der Waals surface area (Å²) in [4.78, 5) is 26.5. The highest BCUT2D eigenvalue weighted by Gasteiger charge is 2.27. The van der Waals surface area contributed by atoms with E-state index in [0.29, 0.717) is 21.9 Å². The van der Waals surface area contributed by atoms with Crippen molar-refractivity contribution in [2.45, 2.75) is 28.9 Å². The van der Waals surface area contributed by atoms with Crippen molar-refractivity contribution in [1.29, 1.82) is 0 Å². The van der Waals surface area contributed by atoms with Gasteiger partial charge in [0.05, 0.1) is 0 Å². The quantitative estimate of drug-likeness (QED) is 0.636. The highest BCUT2D eigenvalue weighted by atomic mass is 32.2. The van der Waals surface area contributed by atoms with Crippen LogP contribution in [0.5, 0.6) is 0 Å². The van der Waals surface area contributed by atoms with E-state index in [4.69, 9.17) is 5.73 Å². The number of aromatic nitrogens is 4. The lowest BCUT2D eigenvalue weighted by Gasteiger charge is -2.03. The number of anilines is 1. The minimum atomic E-state index is -0.183. The van der Waals surface area contributed by atoms with E-state index in [1.807, 2.05) is 0 Å². The average molecular weight is 261 g/mol. The smallest absolute Gasteiger partial charge is 0.251 e. The standard InChI is InChI=1S/C11H11N5OS/c12-7-5-9(16-10(14-7)6-1-2-6)18-11-13-4-3-8(17)15-11/h3-6H,1-2H2,(H2,12,14,16)(H,13,15,17). The molecule has 0 aromatic carbocycles. The lowest BCUT2D eigenvalue weighted by atomic mass is 10.4. The molecule has 6 nitrogen and oxygen atoms in total. The minimum absolute atomic E-state index is 0.183. The lowest BCUT2D eigenvalue weighted by Crippen LogP contribution is -2.05. The molecule has 18 heavy (non-hydrogen) atoms. The van der Waals surface area contributed by atoms with E-state index in [9.17, 15) is 4.79 Å². The van der Waals surface area contributed by atoms with Gasteiger partial charge in [0.15, 0.2) is 5.16 Å². The molecule has 7 heteroatoms. The molecule has 3 rings (SSSR count). The summed E-state index contributed by atoms with van der Waals surface area (Å²) in [7, 11) is 0. The third kappa shape index (κ3) is 2.51. The Morgan fingerprint density at radius 3 is 2.94 bits per heavy atom. The van der Waals surface area contributed by atoms with E-state index in [0.717, 1.165) is 18.7 Å². The molecular formula is C11H11N5OS. The number of nitrogens with one attached hydrogen (secondary N) is 1. The Morgan fingerprint density at radius 2 is 2.22 bits per heavy atom. The molecule has 2 aromatic rings. The van der Waals surface area contributed by atoms with Crippen molar-refractivity contribution < 1.29 is 0 Å². The lowest BCUT2D eigenvalue weighted by molar-refractivity contribution is 0.875. The number of nitrogen functional groups attached to an aromatic ring is 1. The van der Waals surface area contributed by atoms with Gasteiger partial charge in [0, 0.05) is 24.2 Å². The number of rotatable bonds is 3. The van der Waals surface area contributed by atoms with Gasteiger partial charge in [-0.25, -0.2) is 15.0 Å². The molecule has 1 fully saturated rings. The van der Waals surface area contributed by atoms with Crippen LogP contribution in [0.1, 0.15) is 24.6 Å². The fourth-order valence-corrected chi connectivity index (χ4v) is 2.32. The van der Waals surface area contributed by atoms with Crippen LogP contribution in [0.25, 0.3) is 0 Å². The zero-order valence-corrected chi connectivity index (χ0v) is 10.3.